The molecule has 0 fully saturated rings. The summed E-state index contributed by atoms with van der Waals surface area (Å²) < 4.78 is 16.0. The van der Waals surface area contributed by atoms with E-state index < -0.39 is 5.97 Å². The zero-order valence-corrected chi connectivity index (χ0v) is 11.8. The van der Waals surface area contributed by atoms with Gasteiger partial charge in [0.15, 0.2) is 11.5 Å². The second kappa shape index (κ2) is 6.65. The van der Waals surface area contributed by atoms with Gasteiger partial charge in [0.05, 0.1) is 20.2 Å². The molecule has 0 amide bonds. The molecule has 0 saturated carbocycles. The molecule has 0 saturated heterocycles. The number of carboxylic acids is 1. The zero-order valence-electron chi connectivity index (χ0n) is 11.8. The number of carbonyl (C=O) groups excluding carboxylic acids is 1. The lowest BCUT2D eigenvalue weighted by molar-refractivity contribution is -0.255. The minimum atomic E-state index is -1.30. The van der Waals surface area contributed by atoms with E-state index in [2.05, 4.69) is 0 Å². The third-order valence-electron chi connectivity index (χ3n) is 2.92. The summed E-state index contributed by atoms with van der Waals surface area (Å²) in [6.07, 6.45) is 0. The zero-order chi connectivity index (χ0) is 15.2. The lowest BCUT2D eigenvalue weighted by Crippen LogP contribution is -2.22. The highest BCUT2D eigenvalue weighted by atomic mass is 16.5. The molecule has 0 aliphatic rings. The summed E-state index contributed by atoms with van der Waals surface area (Å²) in [5.74, 6) is -0.385. The Kier molecular flexibility index (Phi) is 4.66. The summed E-state index contributed by atoms with van der Waals surface area (Å²) in [6.45, 7) is 0.318. The molecule has 2 aromatic carbocycles. The fourth-order valence-electron chi connectivity index (χ4n) is 1.87. The lowest BCUT2D eigenvalue weighted by atomic mass is 10.2. The van der Waals surface area contributed by atoms with Crippen molar-refractivity contribution in [3.8, 4) is 17.2 Å². The first-order chi connectivity index (χ1) is 10.2. The molecule has 21 heavy (non-hydrogen) atoms. The van der Waals surface area contributed by atoms with E-state index in [1.807, 2.05) is 30.3 Å². The predicted octanol–water partition coefficient (Wildman–Crippen LogP) is 1.65. The predicted molar refractivity (Wildman–Crippen MR) is 74.7 cm³/mol. The third-order valence-corrected chi connectivity index (χ3v) is 2.92. The van der Waals surface area contributed by atoms with Gasteiger partial charge in [-0.3, -0.25) is 0 Å². The van der Waals surface area contributed by atoms with Crippen molar-refractivity contribution in [2.24, 2.45) is 0 Å². The minimum absolute atomic E-state index is 0.0317. The van der Waals surface area contributed by atoms with Gasteiger partial charge in [0.1, 0.15) is 6.61 Å². The molecular weight excluding hydrogens is 272 g/mol. The van der Waals surface area contributed by atoms with Crippen LogP contribution in [0.4, 0.5) is 0 Å². The van der Waals surface area contributed by atoms with Crippen LogP contribution in [0.25, 0.3) is 0 Å². The first kappa shape index (κ1) is 14.7. The van der Waals surface area contributed by atoms with Gasteiger partial charge in [-0.05, 0) is 17.7 Å². The molecule has 0 radical (unpaired) electrons. The quantitative estimate of drug-likeness (QED) is 0.808. The maximum atomic E-state index is 11.0. The van der Waals surface area contributed by atoms with E-state index >= 15 is 0 Å². The molecule has 0 atom stereocenters. The Morgan fingerprint density at radius 2 is 1.62 bits per heavy atom. The summed E-state index contributed by atoms with van der Waals surface area (Å²) in [7, 11) is 2.87. The molecule has 0 bridgehead atoms. The van der Waals surface area contributed by atoms with Gasteiger partial charge in [-0.2, -0.15) is 0 Å². The minimum Gasteiger partial charge on any atom is -0.545 e. The topological polar surface area (TPSA) is 67.8 Å². The highest BCUT2D eigenvalue weighted by Gasteiger charge is 2.14. The SMILES string of the molecule is COc1cc(C(=O)[O-])cc(OC)c1OCc1ccccc1. The van der Waals surface area contributed by atoms with Gasteiger partial charge in [-0.15, -0.1) is 0 Å². The molecule has 5 nitrogen and oxygen atoms in total. The van der Waals surface area contributed by atoms with Crippen molar-refractivity contribution in [1.82, 2.24) is 0 Å². The second-order valence-corrected chi connectivity index (χ2v) is 4.27. The Morgan fingerprint density at radius 1 is 1.05 bits per heavy atom. The number of rotatable bonds is 6. The Labute approximate surface area is 122 Å². The van der Waals surface area contributed by atoms with Crippen LogP contribution in [0.2, 0.25) is 0 Å². The van der Waals surface area contributed by atoms with Crippen molar-refractivity contribution in [2.75, 3.05) is 14.2 Å². The van der Waals surface area contributed by atoms with Crippen molar-refractivity contribution in [3.63, 3.8) is 0 Å². The molecule has 0 aromatic heterocycles. The highest BCUT2D eigenvalue weighted by Crippen LogP contribution is 2.38. The van der Waals surface area contributed by atoms with Gasteiger partial charge in [-0.25, -0.2) is 0 Å². The maximum absolute atomic E-state index is 11.0. The molecule has 0 aliphatic heterocycles. The smallest absolute Gasteiger partial charge is 0.203 e. The fourth-order valence-corrected chi connectivity index (χ4v) is 1.87. The lowest BCUT2D eigenvalue weighted by Gasteiger charge is -2.16. The summed E-state index contributed by atoms with van der Waals surface area (Å²) >= 11 is 0. The van der Waals surface area contributed by atoms with Crippen LogP contribution in [0.5, 0.6) is 17.2 Å². The second-order valence-electron chi connectivity index (χ2n) is 4.27. The largest absolute Gasteiger partial charge is 0.545 e. The van der Waals surface area contributed by atoms with E-state index in [1.165, 1.54) is 26.4 Å². The van der Waals surface area contributed by atoms with Crippen molar-refractivity contribution >= 4 is 5.97 Å². The number of carboxylic acid groups (broad SMARTS) is 1. The van der Waals surface area contributed by atoms with E-state index in [-0.39, 0.29) is 17.1 Å². The Balaban J connectivity index is 2.31. The Hall–Kier alpha value is -2.69. The highest BCUT2D eigenvalue weighted by molar-refractivity contribution is 5.87. The molecule has 0 N–H and O–H groups in total. The van der Waals surface area contributed by atoms with E-state index in [0.717, 1.165) is 5.56 Å². The van der Waals surface area contributed by atoms with Crippen molar-refractivity contribution in [3.05, 3.63) is 53.6 Å². The summed E-state index contributed by atoms with van der Waals surface area (Å²) in [5.41, 5.74) is 0.946. The molecule has 0 unspecified atom stereocenters. The average molecular weight is 287 g/mol. The molecular formula is C16H15O5-. The van der Waals surface area contributed by atoms with Crippen LogP contribution in [-0.4, -0.2) is 20.2 Å². The maximum Gasteiger partial charge on any atom is 0.203 e. The van der Waals surface area contributed by atoms with Gasteiger partial charge >= 0.3 is 0 Å². The standard InChI is InChI=1S/C16H16O5/c1-19-13-8-12(16(17)18)9-14(20-2)15(13)21-10-11-6-4-3-5-7-11/h3-9H,10H2,1-2H3,(H,17,18)/p-1. The van der Waals surface area contributed by atoms with Crippen molar-refractivity contribution in [2.45, 2.75) is 6.61 Å². The summed E-state index contributed by atoms with van der Waals surface area (Å²) in [4.78, 5) is 11.0. The monoisotopic (exact) mass is 287 g/mol. The Bertz CT molecular complexity index is 597. The third kappa shape index (κ3) is 3.45. The number of benzene rings is 2. The first-order valence-corrected chi connectivity index (χ1v) is 6.29. The molecule has 2 aromatic rings. The molecule has 0 heterocycles. The van der Waals surface area contributed by atoms with Gasteiger partial charge in [0.25, 0.3) is 0 Å². The molecule has 5 heteroatoms. The molecule has 2 rings (SSSR count). The van der Waals surface area contributed by atoms with Gasteiger partial charge in [0, 0.05) is 5.56 Å². The van der Waals surface area contributed by atoms with Crippen LogP contribution in [0.15, 0.2) is 42.5 Å². The number of carbonyl (C=O) groups is 1. The number of ether oxygens (including phenoxy) is 3. The van der Waals surface area contributed by atoms with Crippen molar-refractivity contribution < 1.29 is 24.1 Å². The van der Waals surface area contributed by atoms with Gasteiger partial charge < -0.3 is 24.1 Å². The molecule has 110 valence electrons. The molecule has 0 aliphatic carbocycles. The Morgan fingerprint density at radius 3 is 2.10 bits per heavy atom. The van der Waals surface area contributed by atoms with Gasteiger partial charge in [-0.1, -0.05) is 30.3 Å². The number of methoxy groups -OCH3 is 2. The van der Waals surface area contributed by atoms with E-state index in [1.54, 1.807) is 0 Å². The number of hydrogen-bond acceptors (Lipinski definition) is 5. The van der Waals surface area contributed by atoms with Crippen LogP contribution in [0.3, 0.4) is 0 Å². The fraction of sp³-hybridized carbons (Fsp3) is 0.188. The van der Waals surface area contributed by atoms with E-state index in [4.69, 9.17) is 14.2 Å². The number of aromatic carboxylic acids is 1. The number of hydrogen-bond donors (Lipinski definition) is 0. The van der Waals surface area contributed by atoms with Crippen LogP contribution in [0.1, 0.15) is 15.9 Å². The van der Waals surface area contributed by atoms with Crippen LogP contribution < -0.4 is 19.3 Å². The van der Waals surface area contributed by atoms with Crippen LogP contribution >= 0.6 is 0 Å². The van der Waals surface area contributed by atoms with Gasteiger partial charge in [0.2, 0.25) is 5.75 Å². The molecule has 0 spiro atoms. The summed E-state index contributed by atoms with van der Waals surface area (Å²) in [5, 5.41) is 11.0. The van der Waals surface area contributed by atoms with Crippen LogP contribution in [-0.2, 0) is 6.61 Å². The first-order valence-electron chi connectivity index (χ1n) is 6.29. The van der Waals surface area contributed by atoms with Crippen LogP contribution in [0, 0.1) is 0 Å². The normalized spacial score (nSPS) is 10.0. The average Bonchev–Trinajstić information content (AvgIpc) is 2.52. The summed E-state index contributed by atoms with van der Waals surface area (Å²) in [6, 6.07) is 12.3. The van der Waals surface area contributed by atoms with E-state index in [0.29, 0.717) is 12.4 Å². The van der Waals surface area contributed by atoms with Crippen molar-refractivity contribution in [1.29, 1.82) is 0 Å². The van der Waals surface area contributed by atoms with E-state index in [9.17, 15) is 9.90 Å².